The van der Waals surface area contributed by atoms with Gasteiger partial charge >= 0.3 is 6.09 Å². The van der Waals surface area contributed by atoms with Gasteiger partial charge in [-0.15, -0.1) is 0 Å². The number of carbonyl (C=O) groups is 4. The number of primary amides is 1. The van der Waals surface area contributed by atoms with Crippen LogP contribution in [0.2, 0.25) is 0 Å². The van der Waals surface area contributed by atoms with Crippen molar-refractivity contribution in [1.29, 1.82) is 0 Å². The number of ketones is 1. The van der Waals surface area contributed by atoms with Crippen LogP contribution < -0.4 is 22.2 Å². The molecule has 1 aromatic heterocycles. The largest absolute Gasteiger partial charge is 0.443 e. The highest BCUT2D eigenvalue weighted by molar-refractivity contribution is 6.00. The zero-order valence-electron chi connectivity index (χ0n) is 27.2. The molecule has 1 heterocycles. The predicted octanol–water partition coefficient (Wildman–Crippen LogP) is 3.22. The van der Waals surface area contributed by atoms with Crippen LogP contribution in [0.1, 0.15) is 48.8 Å². The minimum absolute atomic E-state index is 0.000485. The molecule has 0 bridgehead atoms. The van der Waals surface area contributed by atoms with Gasteiger partial charge in [-0.2, -0.15) is 5.01 Å². The van der Waals surface area contributed by atoms with Crippen LogP contribution in [0, 0.1) is 5.92 Å². The first kappa shape index (κ1) is 35.7. The van der Waals surface area contributed by atoms with E-state index in [2.05, 4.69) is 15.7 Å². The van der Waals surface area contributed by atoms with Crippen molar-refractivity contribution >= 4 is 34.6 Å². The number of carbonyl (C=O) groups excluding carboxylic acids is 4. The molecule has 0 aliphatic carbocycles. The second kappa shape index (κ2) is 16.1. The van der Waals surface area contributed by atoms with E-state index in [0.717, 1.165) is 10.9 Å². The van der Waals surface area contributed by atoms with Crippen molar-refractivity contribution < 1.29 is 29.0 Å². The quantitative estimate of drug-likeness (QED) is 0.100. The average molecular weight is 655 g/mol. The summed E-state index contributed by atoms with van der Waals surface area (Å²) in [6.45, 7) is 5.17. The van der Waals surface area contributed by atoms with Crippen molar-refractivity contribution in [3.05, 3.63) is 114 Å². The van der Waals surface area contributed by atoms with Crippen LogP contribution in [-0.2, 0) is 27.3 Å². The third-order valence-corrected chi connectivity index (χ3v) is 7.50. The number of Topliss-reactive ketones (excluding diaryl/α,β-unsaturated/α-hetero) is 1. The van der Waals surface area contributed by atoms with Crippen LogP contribution in [0.25, 0.3) is 10.9 Å². The zero-order chi connectivity index (χ0) is 34.8. The standard InChI is InChI=1S/C36H42N6O6/c1-36(2,3)48-35(47)41-42(22-24-14-8-5-9-15-24)33(38)32(45)26(20-23-12-6-4-7-13-23)31(44)29(21-30(37)43)40-34(46)28-19-18-25-16-10-11-17-27(25)39-28/h4-19,26,29,32-33,45H,20-22,38H2,1-3H3,(H2,37,43)(H,40,46)(H,41,47)/t26-,29+,32+,33?/m1/s1. The molecule has 1 unspecified atom stereocenters. The number of pyridine rings is 1. The molecule has 7 N–H and O–H groups in total. The van der Waals surface area contributed by atoms with E-state index in [4.69, 9.17) is 16.2 Å². The molecule has 12 heteroatoms. The SMILES string of the molecule is CC(C)(C)OC(=O)NN(Cc1ccccc1)C(N)[C@@H](O)[C@H](Cc1ccccc1)C(=O)[C@H](CC(N)=O)NC(=O)c1ccc2ccccc2n1. The number of benzene rings is 3. The maximum atomic E-state index is 14.3. The first-order chi connectivity index (χ1) is 22.8. The van der Waals surface area contributed by atoms with Gasteiger partial charge < -0.3 is 26.6 Å². The Labute approximate surface area is 279 Å². The number of hydrogen-bond acceptors (Lipinski definition) is 9. The molecule has 4 atom stereocenters. The number of nitrogens with two attached hydrogens (primary N) is 2. The van der Waals surface area contributed by atoms with Crippen LogP contribution in [0.3, 0.4) is 0 Å². The van der Waals surface area contributed by atoms with Gasteiger partial charge in [0.15, 0.2) is 5.78 Å². The highest BCUT2D eigenvalue weighted by Crippen LogP contribution is 2.22. The van der Waals surface area contributed by atoms with E-state index in [1.54, 1.807) is 63.2 Å². The van der Waals surface area contributed by atoms with E-state index in [1.165, 1.54) is 11.1 Å². The summed E-state index contributed by atoms with van der Waals surface area (Å²) in [5.41, 5.74) is 16.0. The number of aliphatic hydroxyl groups is 1. The van der Waals surface area contributed by atoms with Gasteiger partial charge in [0.25, 0.3) is 5.91 Å². The molecular weight excluding hydrogens is 612 g/mol. The molecule has 12 nitrogen and oxygen atoms in total. The van der Waals surface area contributed by atoms with Crippen molar-refractivity contribution in [3.8, 4) is 0 Å². The second-order valence-corrected chi connectivity index (χ2v) is 12.5. The molecule has 4 rings (SSSR count). The fourth-order valence-corrected chi connectivity index (χ4v) is 5.20. The second-order valence-electron chi connectivity index (χ2n) is 12.5. The number of amides is 3. The number of fused-ring (bicyclic) bond motifs is 1. The van der Waals surface area contributed by atoms with Gasteiger partial charge in [0.1, 0.15) is 17.5 Å². The van der Waals surface area contributed by atoms with E-state index in [9.17, 15) is 24.3 Å². The summed E-state index contributed by atoms with van der Waals surface area (Å²) in [7, 11) is 0. The fraction of sp³-hybridized carbons (Fsp3) is 0.306. The molecular formula is C36H42N6O6. The molecule has 0 aliphatic heterocycles. The molecule has 48 heavy (non-hydrogen) atoms. The molecule has 0 saturated heterocycles. The van der Waals surface area contributed by atoms with Crippen molar-refractivity contribution in [2.24, 2.45) is 17.4 Å². The minimum Gasteiger partial charge on any atom is -0.443 e. The number of nitrogens with zero attached hydrogens (tertiary/aromatic N) is 2. The molecule has 4 aromatic rings. The summed E-state index contributed by atoms with van der Waals surface area (Å²) < 4.78 is 5.43. The summed E-state index contributed by atoms with van der Waals surface area (Å²) in [6.07, 6.45) is -4.30. The van der Waals surface area contributed by atoms with Gasteiger partial charge in [-0.05, 0) is 50.5 Å². The number of nitrogens with one attached hydrogen (secondary N) is 2. The number of hydrogen-bond donors (Lipinski definition) is 5. The van der Waals surface area contributed by atoms with E-state index >= 15 is 0 Å². The molecule has 0 aliphatic rings. The first-order valence-corrected chi connectivity index (χ1v) is 15.6. The maximum Gasteiger partial charge on any atom is 0.422 e. The van der Waals surface area contributed by atoms with Crippen LogP contribution in [0.4, 0.5) is 4.79 Å². The highest BCUT2D eigenvalue weighted by Gasteiger charge is 2.39. The third kappa shape index (κ3) is 10.2. The number of rotatable bonds is 14. The Morgan fingerprint density at radius 1 is 0.875 bits per heavy atom. The van der Waals surface area contributed by atoms with Gasteiger partial charge in [0, 0.05) is 11.9 Å². The van der Waals surface area contributed by atoms with Crippen molar-refractivity contribution in [3.63, 3.8) is 0 Å². The number of aliphatic hydroxyl groups excluding tert-OH is 1. The Hall–Kier alpha value is -5.17. The van der Waals surface area contributed by atoms with Gasteiger partial charge in [-0.3, -0.25) is 19.8 Å². The van der Waals surface area contributed by atoms with Crippen molar-refractivity contribution in [2.45, 2.75) is 64.1 Å². The lowest BCUT2D eigenvalue weighted by atomic mass is 9.84. The van der Waals surface area contributed by atoms with Crippen molar-refractivity contribution in [2.75, 3.05) is 0 Å². The summed E-state index contributed by atoms with van der Waals surface area (Å²) in [5.74, 6) is -3.47. The Bertz CT molecular complexity index is 1710. The lowest BCUT2D eigenvalue weighted by Crippen LogP contribution is -2.61. The van der Waals surface area contributed by atoms with Crippen LogP contribution in [-0.4, -0.2) is 62.7 Å². The topological polar surface area (TPSA) is 190 Å². The Morgan fingerprint density at radius 2 is 1.48 bits per heavy atom. The Morgan fingerprint density at radius 3 is 2.10 bits per heavy atom. The van der Waals surface area contributed by atoms with Crippen molar-refractivity contribution in [1.82, 2.24) is 20.7 Å². The number of aromatic nitrogens is 1. The fourth-order valence-electron chi connectivity index (χ4n) is 5.20. The summed E-state index contributed by atoms with van der Waals surface area (Å²) in [6, 6.07) is 27.1. The smallest absolute Gasteiger partial charge is 0.422 e. The van der Waals surface area contributed by atoms with Gasteiger partial charge in [-0.1, -0.05) is 84.9 Å². The van der Waals surface area contributed by atoms with E-state index < -0.39 is 59.9 Å². The maximum absolute atomic E-state index is 14.3. The molecule has 0 spiro atoms. The van der Waals surface area contributed by atoms with Crippen LogP contribution in [0.15, 0.2) is 97.1 Å². The third-order valence-electron chi connectivity index (χ3n) is 7.50. The lowest BCUT2D eigenvalue weighted by molar-refractivity contribution is -0.133. The average Bonchev–Trinajstić information content (AvgIpc) is 3.05. The molecule has 0 radical (unpaired) electrons. The van der Waals surface area contributed by atoms with Crippen LogP contribution in [0.5, 0.6) is 0 Å². The lowest BCUT2D eigenvalue weighted by Gasteiger charge is -2.36. The minimum atomic E-state index is -1.61. The monoisotopic (exact) mass is 654 g/mol. The number of para-hydroxylation sites is 1. The van der Waals surface area contributed by atoms with E-state index in [0.29, 0.717) is 11.1 Å². The number of hydrazine groups is 1. The van der Waals surface area contributed by atoms with Gasteiger partial charge in [0.05, 0.1) is 30.0 Å². The molecule has 252 valence electrons. The molecule has 0 saturated carbocycles. The summed E-state index contributed by atoms with van der Waals surface area (Å²) >= 11 is 0. The Balaban J connectivity index is 1.65. The van der Waals surface area contributed by atoms with E-state index in [-0.39, 0.29) is 18.7 Å². The van der Waals surface area contributed by atoms with Crippen LogP contribution >= 0.6 is 0 Å². The first-order valence-electron chi connectivity index (χ1n) is 15.6. The van der Waals surface area contributed by atoms with Gasteiger partial charge in [-0.25, -0.2) is 9.78 Å². The summed E-state index contributed by atoms with van der Waals surface area (Å²) in [5, 5.41) is 16.6. The predicted molar refractivity (Wildman–Crippen MR) is 181 cm³/mol. The van der Waals surface area contributed by atoms with E-state index in [1.807, 2.05) is 48.5 Å². The highest BCUT2D eigenvalue weighted by atomic mass is 16.6. The molecule has 3 amide bonds. The Kier molecular flexibility index (Phi) is 12.0. The number of ether oxygens (including phenoxy) is 1. The molecule has 0 fully saturated rings. The molecule has 3 aromatic carbocycles. The van der Waals surface area contributed by atoms with Gasteiger partial charge in [0.2, 0.25) is 5.91 Å². The summed E-state index contributed by atoms with van der Waals surface area (Å²) in [4.78, 5) is 57.1. The normalized spacial score (nSPS) is 14.0. The zero-order valence-corrected chi connectivity index (χ0v) is 27.2.